The fraction of sp³-hybridized carbons (Fsp3) is 0.333. The van der Waals surface area contributed by atoms with Crippen molar-refractivity contribution in [2.45, 2.75) is 6.92 Å². The number of hydrogen-bond donors (Lipinski definition) is 1. The van der Waals surface area contributed by atoms with Crippen LogP contribution in [0, 0.1) is 0 Å². The van der Waals surface area contributed by atoms with E-state index in [1.807, 2.05) is 42.5 Å². The fourth-order valence-electron chi connectivity index (χ4n) is 2.92. The van der Waals surface area contributed by atoms with Gasteiger partial charge >= 0.3 is 11.8 Å². The molecule has 0 atom stereocenters. The molecular weight excluding hydrogens is 290 g/mol. The molecule has 0 bridgehead atoms. The Morgan fingerprint density at radius 1 is 1.00 bits per heavy atom. The van der Waals surface area contributed by atoms with Crippen molar-refractivity contribution in [3.8, 4) is 0 Å². The first-order valence-corrected chi connectivity index (χ1v) is 7.99. The van der Waals surface area contributed by atoms with E-state index in [-0.39, 0.29) is 0 Å². The molecule has 0 radical (unpaired) electrons. The second-order valence-electron chi connectivity index (χ2n) is 5.71. The molecule has 1 saturated heterocycles. The Hall–Kier alpha value is -2.40. The molecule has 5 nitrogen and oxygen atoms in total. The van der Waals surface area contributed by atoms with E-state index in [1.54, 1.807) is 4.90 Å². The number of anilines is 1. The molecule has 120 valence electrons. The lowest BCUT2D eigenvalue weighted by Gasteiger charge is -2.33. The van der Waals surface area contributed by atoms with Crippen LogP contribution in [0.4, 0.5) is 5.69 Å². The number of carbonyl (C=O) groups excluding carboxylic acids is 2. The average molecular weight is 311 g/mol. The number of hydrogen-bond acceptors (Lipinski definition) is 3. The molecule has 1 aliphatic rings. The number of likely N-dealkylation sites (N-methyl/N-ethyl adjacent to an activating group) is 1. The SMILES string of the molecule is CCN1CCN(C(=O)C(=O)Nc2cccc3ccccc23)CC1. The summed E-state index contributed by atoms with van der Waals surface area (Å²) in [5, 5.41) is 4.74. The minimum absolute atomic E-state index is 0.450. The van der Waals surface area contributed by atoms with Crippen molar-refractivity contribution in [2.24, 2.45) is 0 Å². The number of nitrogens with one attached hydrogen (secondary N) is 1. The maximum absolute atomic E-state index is 12.3. The van der Waals surface area contributed by atoms with Crippen molar-refractivity contribution in [3.63, 3.8) is 0 Å². The molecule has 1 fully saturated rings. The van der Waals surface area contributed by atoms with Crippen molar-refractivity contribution in [2.75, 3.05) is 38.0 Å². The first-order chi connectivity index (χ1) is 11.2. The predicted octanol–water partition coefficient (Wildman–Crippen LogP) is 1.94. The van der Waals surface area contributed by atoms with Crippen molar-refractivity contribution < 1.29 is 9.59 Å². The largest absolute Gasteiger partial charge is 0.332 e. The molecule has 0 spiro atoms. The van der Waals surface area contributed by atoms with Crippen molar-refractivity contribution in [3.05, 3.63) is 42.5 Å². The molecule has 2 amide bonds. The van der Waals surface area contributed by atoms with E-state index in [1.165, 1.54) is 0 Å². The van der Waals surface area contributed by atoms with Crippen LogP contribution in [0.25, 0.3) is 10.8 Å². The van der Waals surface area contributed by atoms with Gasteiger partial charge in [-0.1, -0.05) is 43.3 Å². The molecule has 0 aromatic heterocycles. The Morgan fingerprint density at radius 3 is 2.43 bits per heavy atom. The van der Waals surface area contributed by atoms with Gasteiger partial charge in [-0.05, 0) is 18.0 Å². The fourth-order valence-corrected chi connectivity index (χ4v) is 2.92. The molecule has 1 heterocycles. The van der Waals surface area contributed by atoms with Crippen LogP contribution in [0.2, 0.25) is 0 Å². The summed E-state index contributed by atoms with van der Waals surface area (Å²) in [4.78, 5) is 28.5. The van der Waals surface area contributed by atoms with Crippen LogP contribution in [0.3, 0.4) is 0 Å². The number of benzene rings is 2. The van der Waals surface area contributed by atoms with E-state index in [4.69, 9.17) is 0 Å². The van der Waals surface area contributed by atoms with Gasteiger partial charge in [0.2, 0.25) is 0 Å². The van der Waals surface area contributed by atoms with Crippen LogP contribution in [0.1, 0.15) is 6.92 Å². The summed E-state index contributed by atoms with van der Waals surface area (Å²) < 4.78 is 0. The summed E-state index contributed by atoms with van der Waals surface area (Å²) in [5.41, 5.74) is 0.675. The first kappa shape index (κ1) is 15.5. The van der Waals surface area contributed by atoms with Crippen LogP contribution in [0.5, 0.6) is 0 Å². The molecule has 0 unspecified atom stereocenters. The van der Waals surface area contributed by atoms with Gasteiger partial charge in [0, 0.05) is 37.3 Å². The van der Waals surface area contributed by atoms with Gasteiger partial charge in [-0.15, -0.1) is 0 Å². The number of piperazine rings is 1. The molecule has 3 rings (SSSR count). The molecule has 2 aromatic carbocycles. The Morgan fingerprint density at radius 2 is 1.70 bits per heavy atom. The number of nitrogens with zero attached hydrogens (tertiary/aromatic N) is 2. The highest BCUT2D eigenvalue weighted by Gasteiger charge is 2.25. The number of carbonyl (C=O) groups is 2. The zero-order chi connectivity index (χ0) is 16.2. The summed E-state index contributed by atoms with van der Waals surface area (Å²) in [6.07, 6.45) is 0. The zero-order valence-electron chi connectivity index (χ0n) is 13.3. The zero-order valence-corrected chi connectivity index (χ0v) is 13.3. The number of rotatable bonds is 2. The van der Waals surface area contributed by atoms with E-state index < -0.39 is 11.8 Å². The van der Waals surface area contributed by atoms with E-state index in [0.29, 0.717) is 18.8 Å². The highest BCUT2D eigenvalue weighted by Crippen LogP contribution is 2.22. The Kier molecular flexibility index (Phi) is 4.57. The van der Waals surface area contributed by atoms with Gasteiger partial charge in [-0.25, -0.2) is 0 Å². The van der Waals surface area contributed by atoms with Crippen LogP contribution < -0.4 is 5.32 Å². The van der Waals surface area contributed by atoms with Gasteiger partial charge < -0.3 is 15.1 Å². The second-order valence-corrected chi connectivity index (χ2v) is 5.71. The topological polar surface area (TPSA) is 52.7 Å². The smallest absolute Gasteiger partial charge is 0.313 e. The van der Waals surface area contributed by atoms with Crippen molar-refractivity contribution in [1.82, 2.24) is 9.80 Å². The Bertz CT molecular complexity index is 716. The standard InChI is InChI=1S/C18H21N3O2/c1-2-20-10-12-21(13-11-20)18(23)17(22)19-16-9-5-7-14-6-3-4-8-15(14)16/h3-9H,2,10-13H2,1H3,(H,19,22). The maximum atomic E-state index is 12.3. The molecule has 5 heteroatoms. The normalized spacial score (nSPS) is 15.6. The quantitative estimate of drug-likeness (QED) is 0.863. The first-order valence-electron chi connectivity index (χ1n) is 7.99. The lowest BCUT2D eigenvalue weighted by Crippen LogP contribution is -2.51. The van der Waals surface area contributed by atoms with Gasteiger partial charge in [0.25, 0.3) is 0 Å². The van der Waals surface area contributed by atoms with E-state index in [2.05, 4.69) is 17.1 Å². The summed E-state index contributed by atoms with van der Waals surface area (Å²) in [6, 6.07) is 13.5. The number of fused-ring (bicyclic) bond motifs is 1. The highest BCUT2D eigenvalue weighted by molar-refractivity contribution is 6.40. The highest BCUT2D eigenvalue weighted by atomic mass is 16.2. The molecule has 0 saturated carbocycles. The van der Waals surface area contributed by atoms with Gasteiger partial charge in [0.1, 0.15) is 0 Å². The summed E-state index contributed by atoms with van der Waals surface area (Å²) in [6.45, 7) is 5.94. The van der Waals surface area contributed by atoms with Crippen LogP contribution in [-0.4, -0.2) is 54.3 Å². The van der Waals surface area contributed by atoms with Gasteiger partial charge in [0.15, 0.2) is 0 Å². The van der Waals surface area contributed by atoms with Gasteiger partial charge in [-0.2, -0.15) is 0 Å². The third-order valence-electron chi connectivity index (χ3n) is 4.34. The monoisotopic (exact) mass is 311 g/mol. The summed E-state index contributed by atoms with van der Waals surface area (Å²) in [7, 11) is 0. The van der Waals surface area contributed by atoms with E-state index >= 15 is 0 Å². The van der Waals surface area contributed by atoms with Crippen molar-refractivity contribution in [1.29, 1.82) is 0 Å². The average Bonchev–Trinajstić information content (AvgIpc) is 2.61. The van der Waals surface area contributed by atoms with Crippen molar-refractivity contribution >= 4 is 28.3 Å². The molecule has 2 aromatic rings. The minimum atomic E-state index is -0.564. The number of amides is 2. The van der Waals surface area contributed by atoms with Crippen LogP contribution >= 0.6 is 0 Å². The maximum Gasteiger partial charge on any atom is 0.313 e. The summed E-state index contributed by atoms with van der Waals surface area (Å²) >= 11 is 0. The molecule has 1 aliphatic heterocycles. The molecule has 1 N–H and O–H groups in total. The Balaban J connectivity index is 1.70. The Labute approximate surface area is 135 Å². The minimum Gasteiger partial charge on any atom is -0.332 e. The molecule has 23 heavy (non-hydrogen) atoms. The third kappa shape index (κ3) is 3.35. The van der Waals surface area contributed by atoms with Crippen LogP contribution in [0.15, 0.2) is 42.5 Å². The second kappa shape index (κ2) is 6.79. The lowest BCUT2D eigenvalue weighted by atomic mass is 10.1. The van der Waals surface area contributed by atoms with Gasteiger partial charge in [-0.3, -0.25) is 9.59 Å². The van der Waals surface area contributed by atoms with E-state index in [0.717, 1.165) is 30.4 Å². The lowest BCUT2D eigenvalue weighted by molar-refractivity contribution is -0.144. The van der Waals surface area contributed by atoms with Crippen LogP contribution in [-0.2, 0) is 9.59 Å². The molecular formula is C18H21N3O2. The van der Waals surface area contributed by atoms with Gasteiger partial charge in [0.05, 0.1) is 0 Å². The van der Waals surface area contributed by atoms with E-state index in [9.17, 15) is 9.59 Å². The molecule has 0 aliphatic carbocycles. The summed E-state index contributed by atoms with van der Waals surface area (Å²) in [5.74, 6) is -1.01. The predicted molar refractivity (Wildman–Crippen MR) is 91.3 cm³/mol. The third-order valence-corrected chi connectivity index (χ3v) is 4.34.